The number of nitrogens with zero attached hydrogens (tertiary/aromatic N) is 3. The Bertz CT molecular complexity index is 576. The van der Waals surface area contributed by atoms with Gasteiger partial charge < -0.3 is 20.7 Å². The summed E-state index contributed by atoms with van der Waals surface area (Å²) in [6.07, 6.45) is 1.51. The maximum absolute atomic E-state index is 6.20. The number of aromatic nitrogens is 2. The standard InChI is InChI=1S/C15H21N5O/c1-11(9-21-3)19-14-13(16)15(18-10-17-14)20(2)12-7-5-4-6-8-12/h4-8,10-11H,9,16H2,1-3H3,(H,17,18,19). The number of hydrogen-bond donors (Lipinski definition) is 2. The van der Waals surface area contributed by atoms with Crippen LogP contribution in [0.4, 0.5) is 23.0 Å². The number of rotatable bonds is 6. The lowest BCUT2D eigenvalue weighted by Crippen LogP contribution is -2.23. The van der Waals surface area contributed by atoms with Crippen LogP contribution in [0.15, 0.2) is 36.7 Å². The highest BCUT2D eigenvalue weighted by molar-refractivity contribution is 5.78. The number of ether oxygens (including phenoxy) is 1. The molecule has 1 atom stereocenters. The molecule has 0 amide bonds. The van der Waals surface area contributed by atoms with Crippen molar-refractivity contribution in [2.24, 2.45) is 0 Å². The number of methoxy groups -OCH3 is 1. The van der Waals surface area contributed by atoms with Crippen molar-refractivity contribution >= 4 is 23.0 Å². The second-order valence-electron chi connectivity index (χ2n) is 4.85. The molecule has 0 fully saturated rings. The van der Waals surface area contributed by atoms with E-state index < -0.39 is 0 Å². The number of benzene rings is 1. The molecule has 2 aromatic rings. The lowest BCUT2D eigenvalue weighted by molar-refractivity contribution is 0.190. The Morgan fingerprint density at radius 3 is 2.67 bits per heavy atom. The number of nitrogen functional groups attached to an aromatic ring is 1. The summed E-state index contributed by atoms with van der Waals surface area (Å²) in [6.45, 7) is 2.58. The van der Waals surface area contributed by atoms with E-state index in [1.165, 1.54) is 6.33 Å². The Morgan fingerprint density at radius 2 is 2.00 bits per heavy atom. The SMILES string of the molecule is COCC(C)Nc1ncnc(N(C)c2ccccc2)c1N. The zero-order valence-electron chi connectivity index (χ0n) is 12.6. The highest BCUT2D eigenvalue weighted by atomic mass is 16.5. The van der Waals surface area contributed by atoms with E-state index in [4.69, 9.17) is 10.5 Å². The van der Waals surface area contributed by atoms with E-state index in [9.17, 15) is 0 Å². The first-order valence-electron chi connectivity index (χ1n) is 6.78. The van der Waals surface area contributed by atoms with E-state index in [1.54, 1.807) is 7.11 Å². The van der Waals surface area contributed by atoms with E-state index in [-0.39, 0.29) is 6.04 Å². The third kappa shape index (κ3) is 3.61. The second-order valence-corrected chi connectivity index (χ2v) is 4.85. The summed E-state index contributed by atoms with van der Waals surface area (Å²) < 4.78 is 5.11. The minimum absolute atomic E-state index is 0.113. The molecule has 0 bridgehead atoms. The molecule has 0 spiro atoms. The monoisotopic (exact) mass is 287 g/mol. The van der Waals surface area contributed by atoms with Gasteiger partial charge in [0.1, 0.15) is 12.0 Å². The van der Waals surface area contributed by atoms with Crippen molar-refractivity contribution in [2.45, 2.75) is 13.0 Å². The molecule has 2 rings (SSSR count). The molecule has 0 saturated heterocycles. The van der Waals surface area contributed by atoms with Crippen LogP contribution in [0.2, 0.25) is 0 Å². The van der Waals surface area contributed by atoms with Crippen LogP contribution in [0.3, 0.4) is 0 Å². The van der Waals surface area contributed by atoms with E-state index in [0.717, 1.165) is 5.69 Å². The molecule has 0 aliphatic carbocycles. The van der Waals surface area contributed by atoms with Crippen LogP contribution in [-0.2, 0) is 4.74 Å². The van der Waals surface area contributed by atoms with Crippen LogP contribution >= 0.6 is 0 Å². The molecule has 0 aliphatic heterocycles. The first kappa shape index (κ1) is 15.1. The van der Waals surface area contributed by atoms with Gasteiger partial charge in [0, 0.05) is 25.9 Å². The molecule has 1 unspecified atom stereocenters. The van der Waals surface area contributed by atoms with Crippen LogP contribution < -0.4 is 16.0 Å². The van der Waals surface area contributed by atoms with E-state index in [1.807, 2.05) is 49.2 Å². The second kappa shape index (κ2) is 6.90. The molecule has 21 heavy (non-hydrogen) atoms. The van der Waals surface area contributed by atoms with Gasteiger partial charge in [-0.2, -0.15) is 0 Å². The number of nitrogens with two attached hydrogens (primary N) is 1. The van der Waals surface area contributed by atoms with Gasteiger partial charge in [-0.3, -0.25) is 0 Å². The zero-order valence-corrected chi connectivity index (χ0v) is 12.6. The van der Waals surface area contributed by atoms with Gasteiger partial charge >= 0.3 is 0 Å². The van der Waals surface area contributed by atoms with Crippen molar-refractivity contribution in [1.82, 2.24) is 9.97 Å². The fraction of sp³-hybridized carbons (Fsp3) is 0.333. The number of para-hydroxylation sites is 1. The lowest BCUT2D eigenvalue weighted by Gasteiger charge is -2.22. The molecule has 0 saturated carbocycles. The summed E-state index contributed by atoms with van der Waals surface area (Å²) in [5.74, 6) is 1.29. The van der Waals surface area contributed by atoms with Crippen LogP contribution in [0.25, 0.3) is 0 Å². The minimum Gasteiger partial charge on any atom is -0.393 e. The predicted molar refractivity (Wildman–Crippen MR) is 85.9 cm³/mol. The van der Waals surface area contributed by atoms with Gasteiger partial charge in [-0.1, -0.05) is 18.2 Å². The van der Waals surface area contributed by atoms with Crippen molar-refractivity contribution in [3.63, 3.8) is 0 Å². The molecule has 6 nitrogen and oxygen atoms in total. The molecule has 3 N–H and O–H groups in total. The molecular formula is C15H21N5O. The van der Waals surface area contributed by atoms with Gasteiger partial charge in [-0.15, -0.1) is 0 Å². The summed E-state index contributed by atoms with van der Waals surface area (Å²) in [5.41, 5.74) is 7.73. The highest BCUT2D eigenvalue weighted by Crippen LogP contribution is 2.30. The topological polar surface area (TPSA) is 76.3 Å². The molecule has 0 radical (unpaired) electrons. The van der Waals surface area contributed by atoms with Crippen LogP contribution in [0.5, 0.6) is 0 Å². The van der Waals surface area contributed by atoms with Crippen molar-refractivity contribution in [2.75, 3.05) is 36.7 Å². The van der Waals surface area contributed by atoms with Gasteiger partial charge in [-0.05, 0) is 19.1 Å². The largest absolute Gasteiger partial charge is 0.393 e. The Morgan fingerprint density at radius 1 is 1.29 bits per heavy atom. The average Bonchev–Trinajstić information content (AvgIpc) is 2.50. The van der Waals surface area contributed by atoms with Crippen LogP contribution in [-0.4, -0.2) is 36.8 Å². The molecule has 112 valence electrons. The van der Waals surface area contributed by atoms with Gasteiger partial charge in [0.2, 0.25) is 0 Å². The number of hydrogen-bond acceptors (Lipinski definition) is 6. The van der Waals surface area contributed by atoms with Crippen molar-refractivity contribution in [1.29, 1.82) is 0 Å². The fourth-order valence-corrected chi connectivity index (χ4v) is 2.07. The molecule has 1 heterocycles. The van der Waals surface area contributed by atoms with E-state index in [2.05, 4.69) is 15.3 Å². The summed E-state index contributed by atoms with van der Waals surface area (Å²) in [6, 6.07) is 10.0. The van der Waals surface area contributed by atoms with Crippen molar-refractivity contribution in [3.8, 4) is 0 Å². The van der Waals surface area contributed by atoms with Gasteiger partial charge in [-0.25, -0.2) is 9.97 Å². The highest BCUT2D eigenvalue weighted by Gasteiger charge is 2.14. The normalized spacial score (nSPS) is 12.0. The fourth-order valence-electron chi connectivity index (χ4n) is 2.07. The molecular weight excluding hydrogens is 266 g/mol. The summed E-state index contributed by atoms with van der Waals surface area (Å²) >= 11 is 0. The van der Waals surface area contributed by atoms with Gasteiger partial charge in [0.15, 0.2) is 11.6 Å². The van der Waals surface area contributed by atoms with Crippen molar-refractivity contribution < 1.29 is 4.74 Å². The maximum Gasteiger partial charge on any atom is 0.161 e. The van der Waals surface area contributed by atoms with Gasteiger partial charge in [0.25, 0.3) is 0 Å². The third-order valence-corrected chi connectivity index (χ3v) is 3.12. The molecule has 0 aliphatic rings. The zero-order chi connectivity index (χ0) is 15.2. The Kier molecular flexibility index (Phi) is 4.94. The third-order valence-electron chi connectivity index (χ3n) is 3.12. The van der Waals surface area contributed by atoms with E-state index in [0.29, 0.717) is 23.9 Å². The Labute approximate surface area is 125 Å². The van der Waals surface area contributed by atoms with E-state index >= 15 is 0 Å². The summed E-state index contributed by atoms with van der Waals surface area (Å²) in [4.78, 5) is 10.4. The molecule has 6 heteroatoms. The summed E-state index contributed by atoms with van der Waals surface area (Å²) in [5, 5.41) is 3.23. The maximum atomic E-state index is 6.20. The van der Waals surface area contributed by atoms with Gasteiger partial charge in [0.05, 0.1) is 6.61 Å². The number of anilines is 4. The molecule has 1 aromatic heterocycles. The first-order chi connectivity index (χ1) is 10.1. The average molecular weight is 287 g/mol. The van der Waals surface area contributed by atoms with Crippen molar-refractivity contribution in [3.05, 3.63) is 36.7 Å². The molecule has 1 aromatic carbocycles. The predicted octanol–water partition coefficient (Wildman–Crippen LogP) is 2.27. The smallest absolute Gasteiger partial charge is 0.161 e. The van der Waals surface area contributed by atoms with Crippen LogP contribution in [0, 0.1) is 0 Å². The lowest BCUT2D eigenvalue weighted by atomic mass is 10.3. The quantitative estimate of drug-likeness (QED) is 0.849. The number of nitrogens with one attached hydrogen (secondary N) is 1. The van der Waals surface area contributed by atoms with Crippen LogP contribution in [0.1, 0.15) is 6.92 Å². The summed E-state index contributed by atoms with van der Waals surface area (Å²) in [7, 11) is 3.59. The Balaban J connectivity index is 2.25. The first-order valence-corrected chi connectivity index (χ1v) is 6.78. The minimum atomic E-state index is 0.113. The Hall–Kier alpha value is -2.34.